The number of esters is 1. The van der Waals surface area contributed by atoms with Crippen molar-refractivity contribution < 1.29 is 23.8 Å². The quantitative estimate of drug-likeness (QED) is 0.679. The summed E-state index contributed by atoms with van der Waals surface area (Å²) in [5.41, 5.74) is -0.872. The maximum Gasteiger partial charge on any atom is 0.336 e. The van der Waals surface area contributed by atoms with Crippen molar-refractivity contribution in [3.8, 4) is 5.75 Å². The van der Waals surface area contributed by atoms with Crippen molar-refractivity contribution in [2.75, 3.05) is 0 Å². The van der Waals surface area contributed by atoms with E-state index in [9.17, 15) is 14.7 Å². The Kier molecular flexibility index (Phi) is 4.33. The van der Waals surface area contributed by atoms with Gasteiger partial charge in [-0.3, -0.25) is 4.79 Å². The van der Waals surface area contributed by atoms with E-state index in [0.717, 1.165) is 0 Å². The standard InChI is InChI=1S/C19H22O6/c1-10(2)9-14(21)24-18-16(22)15-12(25-19(18,3)4)7-5-11-6-8-13(20)23-17(11)15/h5-8,10,16,18,22H,9H2,1-4H3/t16-,18-/m0/s1. The molecule has 6 heteroatoms. The van der Waals surface area contributed by atoms with Gasteiger partial charge in [-0.15, -0.1) is 0 Å². The number of hydrogen-bond acceptors (Lipinski definition) is 6. The Labute approximate surface area is 145 Å². The van der Waals surface area contributed by atoms with Crippen LogP contribution >= 0.6 is 0 Å². The highest BCUT2D eigenvalue weighted by Crippen LogP contribution is 2.44. The molecule has 0 spiro atoms. The zero-order valence-corrected chi connectivity index (χ0v) is 14.7. The number of carbonyl (C=O) groups excluding carboxylic acids is 1. The van der Waals surface area contributed by atoms with Crippen molar-refractivity contribution in [2.24, 2.45) is 5.92 Å². The normalized spacial score (nSPS) is 21.7. The molecule has 0 saturated heterocycles. The van der Waals surface area contributed by atoms with E-state index in [2.05, 4.69) is 0 Å². The number of aliphatic hydroxyl groups excluding tert-OH is 1. The molecule has 0 saturated carbocycles. The molecule has 1 aromatic heterocycles. The molecule has 2 heterocycles. The third-order valence-electron chi connectivity index (χ3n) is 4.26. The monoisotopic (exact) mass is 346 g/mol. The van der Waals surface area contributed by atoms with Gasteiger partial charge in [0.25, 0.3) is 0 Å². The van der Waals surface area contributed by atoms with E-state index in [1.807, 2.05) is 13.8 Å². The summed E-state index contributed by atoms with van der Waals surface area (Å²) >= 11 is 0. The van der Waals surface area contributed by atoms with Gasteiger partial charge in [0.05, 0.1) is 5.56 Å². The summed E-state index contributed by atoms with van der Waals surface area (Å²) in [7, 11) is 0. The maximum atomic E-state index is 12.1. The Morgan fingerprint density at radius 1 is 1.28 bits per heavy atom. The predicted octanol–water partition coefficient (Wildman–Crippen LogP) is 2.96. The summed E-state index contributed by atoms with van der Waals surface area (Å²) in [6.07, 6.45) is -1.83. The van der Waals surface area contributed by atoms with E-state index in [4.69, 9.17) is 13.9 Å². The third-order valence-corrected chi connectivity index (χ3v) is 4.26. The van der Waals surface area contributed by atoms with Crippen molar-refractivity contribution >= 4 is 16.9 Å². The van der Waals surface area contributed by atoms with E-state index < -0.39 is 29.4 Å². The second-order valence-electron chi connectivity index (χ2n) is 7.31. The molecule has 1 N–H and O–H groups in total. The lowest BCUT2D eigenvalue weighted by Crippen LogP contribution is -2.51. The second-order valence-corrected chi connectivity index (χ2v) is 7.31. The summed E-state index contributed by atoms with van der Waals surface area (Å²) in [6.45, 7) is 7.32. The summed E-state index contributed by atoms with van der Waals surface area (Å²) in [4.78, 5) is 23.7. The van der Waals surface area contributed by atoms with Crippen LogP contribution in [0.3, 0.4) is 0 Å². The van der Waals surface area contributed by atoms with E-state index in [1.165, 1.54) is 6.07 Å². The highest BCUT2D eigenvalue weighted by Gasteiger charge is 2.47. The van der Waals surface area contributed by atoms with Crippen LogP contribution in [0.25, 0.3) is 11.0 Å². The van der Waals surface area contributed by atoms with Gasteiger partial charge in [-0.25, -0.2) is 4.79 Å². The molecule has 2 aromatic rings. The van der Waals surface area contributed by atoms with Crippen LogP contribution in [0.4, 0.5) is 0 Å². The van der Waals surface area contributed by atoms with Gasteiger partial charge in [0.15, 0.2) is 6.10 Å². The molecular formula is C19H22O6. The average Bonchev–Trinajstić information content (AvgIpc) is 2.49. The molecule has 25 heavy (non-hydrogen) atoms. The molecule has 1 aliphatic heterocycles. The van der Waals surface area contributed by atoms with Crippen molar-refractivity contribution in [3.63, 3.8) is 0 Å². The SMILES string of the molecule is CC(C)CC(=O)O[C@H]1[C@@H](O)c2c(ccc3ccc(=O)oc23)OC1(C)C. The number of ether oxygens (including phenoxy) is 2. The minimum atomic E-state index is -1.16. The number of rotatable bonds is 3. The maximum absolute atomic E-state index is 12.1. The van der Waals surface area contributed by atoms with Crippen LogP contribution in [-0.4, -0.2) is 22.8 Å². The highest BCUT2D eigenvalue weighted by atomic mass is 16.6. The Morgan fingerprint density at radius 2 is 1.96 bits per heavy atom. The van der Waals surface area contributed by atoms with Crippen molar-refractivity contribution in [3.05, 3.63) is 40.2 Å². The molecular weight excluding hydrogens is 324 g/mol. The van der Waals surface area contributed by atoms with Crippen LogP contribution in [-0.2, 0) is 9.53 Å². The molecule has 3 rings (SSSR count). The molecule has 0 radical (unpaired) electrons. The first kappa shape index (κ1) is 17.5. The summed E-state index contributed by atoms with van der Waals surface area (Å²) in [6, 6.07) is 6.41. The second kappa shape index (κ2) is 6.19. The van der Waals surface area contributed by atoms with E-state index >= 15 is 0 Å². The van der Waals surface area contributed by atoms with Crippen LogP contribution in [0.15, 0.2) is 33.5 Å². The van der Waals surface area contributed by atoms with E-state index in [-0.39, 0.29) is 17.9 Å². The van der Waals surface area contributed by atoms with Crippen LogP contribution in [0.2, 0.25) is 0 Å². The van der Waals surface area contributed by atoms with Gasteiger partial charge in [0, 0.05) is 17.9 Å². The number of hydrogen-bond donors (Lipinski definition) is 1. The van der Waals surface area contributed by atoms with Crippen LogP contribution in [0, 0.1) is 5.92 Å². The van der Waals surface area contributed by atoms with Gasteiger partial charge < -0.3 is 19.0 Å². The molecule has 0 unspecified atom stereocenters. The molecule has 6 nitrogen and oxygen atoms in total. The number of fused-ring (bicyclic) bond motifs is 3. The summed E-state index contributed by atoms with van der Waals surface area (Å²) < 4.78 is 16.8. The minimum Gasteiger partial charge on any atom is -0.483 e. The minimum absolute atomic E-state index is 0.142. The lowest BCUT2D eigenvalue weighted by Gasteiger charge is -2.42. The Morgan fingerprint density at radius 3 is 2.64 bits per heavy atom. The zero-order chi connectivity index (χ0) is 18.4. The topological polar surface area (TPSA) is 86.0 Å². The summed E-state index contributed by atoms with van der Waals surface area (Å²) in [5.74, 6) is 0.153. The zero-order valence-electron chi connectivity index (χ0n) is 14.7. The smallest absolute Gasteiger partial charge is 0.336 e. The molecule has 0 aliphatic carbocycles. The van der Waals surface area contributed by atoms with Gasteiger partial charge in [-0.05, 0) is 38.0 Å². The highest BCUT2D eigenvalue weighted by molar-refractivity contribution is 5.83. The van der Waals surface area contributed by atoms with Crippen LogP contribution in [0.1, 0.15) is 45.8 Å². The first-order chi connectivity index (χ1) is 11.7. The van der Waals surface area contributed by atoms with Gasteiger partial charge in [-0.1, -0.05) is 13.8 Å². The van der Waals surface area contributed by atoms with Gasteiger partial charge in [0.2, 0.25) is 0 Å². The fourth-order valence-electron chi connectivity index (χ4n) is 3.11. The van der Waals surface area contributed by atoms with Gasteiger partial charge in [-0.2, -0.15) is 0 Å². The van der Waals surface area contributed by atoms with Crippen LogP contribution in [0.5, 0.6) is 5.75 Å². The average molecular weight is 346 g/mol. The molecule has 0 amide bonds. The van der Waals surface area contributed by atoms with Crippen molar-refractivity contribution in [1.82, 2.24) is 0 Å². The number of carbonyl (C=O) groups is 1. The van der Waals surface area contributed by atoms with E-state index in [0.29, 0.717) is 16.7 Å². The van der Waals surface area contributed by atoms with Crippen molar-refractivity contribution in [1.29, 1.82) is 0 Å². The fourth-order valence-corrected chi connectivity index (χ4v) is 3.11. The largest absolute Gasteiger partial charge is 0.483 e. The van der Waals surface area contributed by atoms with Crippen molar-refractivity contribution in [2.45, 2.75) is 51.9 Å². The molecule has 0 fully saturated rings. The molecule has 2 atom stereocenters. The lowest BCUT2D eigenvalue weighted by molar-refractivity contribution is -0.178. The lowest BCUT2D eigenvalue weighted by atomic mass is 9.87. The third kappa shape index (κ3) is 3.26. The first-order valence-electron chi connectivity index (χ1n) is 8.32. The Balaban J connectivity index is 2.06. The Hall–Kier alpha value is -2.34. The molecule has 134 valence electrons. The molecule has 1 aliphatic rings. The Bertz CT molecular complexity index is 864. The van der Waals surface area contributed by atoms with Crippen LogP contribution < -0.4 is 10.4 Å². The van der Waals surface area contributed by atoms with Gasteiger partial charge >= 0.3 is 11.6 Å². The first-order valence-corrected chi connectivity index (χ1v) is 8.32. The number of benzene rings is 1. The predicted molar refractivity (Wildman–Crippen MR) is 91.5 cm³/mol. The van der Waals surface area contributed by atoms with E-state index in [1.54, 1.807) is 32.0 Å². The van der Waals surface area contributed by atoms with Gasteiger partial charge in [0.1, 0.15) is 23.0 Å². The molecule has 1 aromatic carbocycles. The fraction of sp³-hybridized carbons (Fsp3) is 0.474. The molecule has 0 bridgehead atoms. The number of aliphatic hydroxyl groups is 1. The summed E-state index contributed by atoms with van der Waals surface area (Å²) in [5, 5.41) is 11.6.